The number of hydrogen-bond acceptors (Lipinski definition) is 5. The molecule has 88 valence electrons. The van der Waals surface area contributed by atoms with Crippen LogP contribution in [0.25, 0.3) is 0 Å². The van der Waals surface area contributed by atoms with Gasteiger partial charge in [-0.05, 0) is 0 Å². The fourth-order valence-corrected chi connectivity index (χ4v) is 0.985. The number of aromatic nitrogens is 2. The first-order chi connectivity index (χ1) is 7.27. The van der Waals surface area contributed by atoms with Crippen molar-refractivity contribution in [1.82, 2.24) is 9.97 Å². The van der Waals surface area contributed by atoms with Crippen molar-refractivity contribution < 1.29 is 22.7 Å². The third-order valence-electron chi connectivity index (χ3n) is 1.51. The molecule has 0 saturated heterocycles. The summed E-state index contributed by atoms with van der Waals surface area (Å²) in [6.45, 7) is 0. The molecule has 0 radical (unpaired) electrons. The van der Waals surface area contributed by atoms with Gasteiger partial charge >= 0.3 is 12.1 Å². The van der Waals surface area contributed by atoms with Crippen molar-refractivity contribution in [3.05, 3.63) is 16.5 Å². The second-order valence-corrected chi connectivity index (χ2v) is 2.96. The number of rotatable bonds is 1. The van der Waals surface area contributed by atoms with Crippen molar-refractivity contribution in [2.75, 3.05) is 12.8 Å². The maximum absolute atomic E-state index is 12.3. The van der Waals surface area contributed by atoms with Gasteiger partial charge in [0.1, 0.15) is 10.8 Å². The SMILES string of the molecule is COC(=O)c1nc(C(F)(F)F)nc(N)c1Cl. The summed E-state index contributed by atoms with van der Waals surface area (Å²) in [5.41, 5.74) is 4.40. The zero-order valence-corrected chi connectivity index (χ0v) is 8.56. The summed E-state index contributed by atoms with van der Waals surface area (Å²) in [7, 11) is 0.976. The maximum atomic E-state index is 12.3. The van der Waals surface area contributed by atoms with Crippen LogP contribution in [0.4, 0.5) is 19.0 Å². The molecule has 1 heterocycles. The zero-order valence-electron chi connectivity index (χ0n) is 7.80. The van der Waals surface area contributed by atoms with Crippen LogP contribution in [0.1, 0.15) is 16.3 Å². The Balaban J connectivity index is 3.39. The van der Waals surface area contributed by atoms with Crippen molar-refractivity contribution in [2.45, 2.75) is 6.18 Å². The number of anilines is 1. The van der Waals surface area contributed by atoms with E-state index in [0.29, 0.717) is 0 Å². The second-order valence-electron chi connectivity index (χ2n) is 2.58. The predicted molar refractivity (Wildman–Crippen MR) is 47.8 cm³/mol. The Morgan fingerprint density at radius 3 is 2.44 bits per heavy atom. The Morgan fingerprint density at radius 1 is 1.44 bits per heavy atom. The van der Waals surface area contributed by atoms with Crippen molar-refractivity contribution in [1.29, 1.82) is 0 Å². The Morgan fingerprint density at radius 2 is 2.00 bits per heavy atom. The highest BCUT2D eigenvalue weighted by Gasteiger charge is 2.37. The molecule has 2 N–H and O–H groups in total. The monoisotopic (exact) mass is 255 g/mol. The highest BCUT2D eigenvalue weighted by atomic mass is 35.5. The van der Waals surface area contributed by atoms with Gasteiger partial charge in [-0.1, -0.05) is 11.6 Å². The largest absolute Gasteiger partial charge is 0.464 e. The van der Waals surface area contributed by atoms with E-state index >= 15 is 0 Å². The van der Waals surface area contributed by atoms with Crippen LogP contribution in [0.15, 0.2) is 0 Å². The fraction of sp³-hybridized carbons (Fsp3) is 0.286. The zero-order chi connectivity index (χ0) is 12.5. The first kappa shape index (κ1) is 12.5. The quantitative estimate of drug-likeness (QED) is 0.770. The smallest absolute Gasteiger partial charge is 0.451 e. The molecule has 0 aromatic carbocycles. The minimum absolute atomic E-state index is 0.472. The highest BCUT2D eigenvalue weighted by Crippen LogP contribution is 2.30. The van der Waals surface area contributed by atoms with Crippen molar-refractivity contribution >= 4 is 23.4 Å². The molecule has 9 heteroatoms. The van der Waals surface area contributed by atoms with E-state index in [1.165, 1.54) is 0 Å². The van der Waals surface area contributed by atoms with Gasteiger partial charge in [-0.2, -0.15) is 13.2 Å². The van der Waals surface area contributed by atoms with Crippen LogP contribution < -0.4 is 5.73 Å². The molecule has 0 aliphatic heterocycles. The van der Waals surface area contributed by atoms with E-state index in [9.17, 15) is 18.0 Å². The molecule has 1 aromatic heterocycles. The number of nitrogens with two attached hydrogens (primary N) is 1. The van der Waals surface area contributed by atoms with E-state index in [4.69, 9.17) is 17.3 Å². The van der Waals surface area contributed by atoms with Gasteiger partial charge in [0.2, 0.25) is 5.82 Å². The molecule has 0 aliphatic carbocycles. The summed E-state index contributed by atoms with van der Waals surface area (Å²) in [6.07, 6.45) is -4.82. The Labute approximate surface area is 92.4 Å². The van der Waals surface area contributed by atoms with Crippen LogP contribution in [0.3, 0.4) is 0 Å². The third-order valence-corrected chi connectivity index (χ3v) is 1.88. The molecule has 0 aliphatic rings. The Kier molecular flexibility index (Phi) is 3.22. The molecule has 5 nitrogen and oxygen atoms in total. The first-order valence-corrected chi connectivity index (χ1v) is 4.13. The van der Waals surface area contributed by atoms with Crippen LogP contribution in [-0.2, 0) is 10.9 Å². The summed E-state index contributed by atoms with van der Waals surface area (Å²) in [5.74, 6) is -3.30. The molecule has 0 amide bonds. The lowest BCUT2D eigenvalue weighted by atomic mass is 10.3. The number of nitrogen functional groups attached to an aromatic ring is 1. The highest BCUT2D eigenvalue weighted by molar-refractivity contribution is 6.35. The topological polar surface area (TPSA) is 78.1 Å². The van der Waals surface area contributed by atoms with E-state index in [0.717, 1.165) is 7.11 Å². The van der Waals surface area contributed by atoms with Crippen LogP contribution in [0.5, 0.6) is 0 Å². The number of carbonyl (C=O) groups excluding carboxylic acids is 1. The molecule has 0 atom stereocenters. The average Bonchev–Trinajstić information content (AvgIpc) is 2.19. The lowest BCUT2D eigenvalue weighted by Crippen LogP contribution is -2.17. The van der Waals surface area contributed by atoms with E-state index in [1.54, 1.807) is 0 Å². The van der Waals surface area contributed by atoms with Crippen LogP contribution in [-0.4, -0.2) is 23.0 Å². The lowest BCUT2D eigenvalue weighted by Gasteiger charge is -2.08. The van der Waals surface area contributed by atoms with Crippen LogP contribution in [0, 0.1) is 0 Å². The molecule has 0 bridgehead atoms. The molecule has 1 rings (SSSR count). The normalized spacial score (nSPS) is 11.3. The summed E-state index contributed by atoms with van der Waals surface area (Å²) in [6, 6.07) is 0. The van der Waals surface area contributed by atoms with Crippen LogP contribution >= 0.6 is 11.6 Å². The van der Waals surface area contributed by atoms with E-state index in [2.05, 4.69) is 14.7 Å². The minimum atomic E-state index is -4.82. The summed E-state index contributed by atoms with van der Waals surface area (Å²) in [4.78, 5) is 16.9. The fourth-order valence-electron chi connectivity index (χ4n) is 0.823. The molecule has 1 aromatic rings. The second kappa shape index (κ2) is 4.12. The summed E-state index contributed by atoms with van der Waals surface area (Å²) < 4.78 is 41.0. The molecule has 0 unspecified atom stereocenters. The van der Waals surface area contributed by atoms with Gasteiger partial charge in [0.05, 0.1) is 7.11 Å². The number of carbonyl (C=O) groups is 1. The standard InChI is InChI=1S/C7H5ClF3N3O2/c1-16-5(15)3-2(8)4(12)14-6(13-3)7(9,10)11/h1H3,(H2,12,13,14). The van der Waals surface area contributed by atoms with Crippen molar-refractivity contribution in [3.8, 4) is 0 Å². The Hall–Kier alpha value is -1.57. The van der Waals surface area contributed by atoms with Gasteiger partial charge < -0.3 is 10.5 Å². The number of hydrogen-bond donors (Lipinski definition) is 1. The molecule has 0 spiro atoms. The third kappa shape index (κ3) is 2.32. The summed E-state index contributed by atoms with van der Waals surface area (Å²) in [5, 5.41) is -0.472. The van der Waals surface area contributed by atoms with E-state index < -0.39 is 34.5 Å². The lowest BCUT2D eigenvalue weighted by molar-refractivity contribution is -0.144. The van der Waals surface area contributed by atoms with Crippen LogP contribution in [0.2, 0.25) is 5.02 Å². The predicted octanol–water partition coefficient (Wildman–Crippen LogP) is 1.52. The minimum Gasteiger partial charge on any atom is -0.464 e. The van der Waals surface area contributed by atoms with Crippen molar-refractivity contribution in [2.24, 2.45) is 0 Å². The molecule has 16 heavy (non-hydrogen) atoms. The van der Waals surface area contributed by atoms with Gasteiger partial charge in [-0.25, -0.2) is 14.8 Å². The number of halogens is 4. The van der Waals surface area contributed by atoms with Crippen molar-refractivity contribution in [3.63, 3.8) is 0 Å². The van der Waals surface area contributed by atoms with Gasteiger partial charge in [-0.15, -0.1) is 0 Å². The number of methoxy groups -OCH3 is 1. The van der Waals surface area contributed by atoms with Gasteiger partial charge in [0.25, 0.3) is 0 Å². The molecule has 0 fully saturated rings. The summed E-state index contributed by atoms with van der Waals surface area (Å²) >= 11 is 5.47. The maximum Gasteiger partial charge on any atom is 0.451 e. The average molecular weight is 256 g/mol. The molecular weight excluding hydrogens is 251 g/mol. The number of alkyl halides is 3. The number of nitrogens with zero attached hydrogens (tertiary/aromatic N) is 2. The number of esters is 1. The molecule has 0 saturated carbocycles. The van der Waals surface area contributed by atoms with Gasteiger partial charge in [-0.3, -0.25) is 0 Å². The first-order valence-electron chi connectivity index (χ1n) is 3.76. The van der Waals surface area contributed by atoms with Gasteiger partial charge in [0, 0.05) is 0 Å². The van der Waals surface area contributed by atoms with Gasteiger partial charge in [0.15, 0.2) is 5.69 Å². The Bertz CT molecular complexity index is 436. The van der Waals surface area contributed by atoms with E-state index in [-0.39, 0.29) is 0 Å². The number of ether oxygens (including phenoxy) is 1. The van der Waals surface area contributed by atoms with E-state index in [1.807, 2.05) is 0 Å². The molecular formula is C7H5ClF3N3O2.